The summed E-state index contributed by atoms with van der Waals surface area (Å²) in [7, 11) is -4.16. The first-order chi connectivity index (χ1) is 15.8. The predicted octanol–water partition coefficient (Wildman–Crippen LogP) is 1.79. The number of carbonyl (C=O) groups excluding carboxylic acids is 2. The van der Waals surface area contributed by atoms with Gasteiger partial charge >= 0.3 is 0 Å². The Kier molecular flexibility index (Phi) is 6.89. The zero-order chi connectivity index (χ0) is 23.6. The van der Waals surface area contributed by atoms with Gasteiger partial charge < -0.3 is 4.74 Å². The highest BCUT2D eigenvalue weighted by Crippen LogP contribution is 2.29. The van der Waals surface area contributed by atoms with E-state index in [4.69, 9.17) is 4.74 Å². The lowest BCUT2D eigenvalue weighted by molar-refractivity contribution is -0.122. The van der Waals surface area contributed by atoms with Gasteiger partial charge in [0.05, 0.1) is 30.2 Å². The third kappa shape index (κ3) is 4.98. The standard InChI is InChI=1S/C23H26FN3O5S/c1-17-2-6-19(7-3-17)27-22(28)16-21(23(27)29)26(11-10-25-12-14-32-15-13-25)33(30,31)20-8-4-18(24)5-9-20/h2-9,21H,10-16H2,1H3. The smallest absolute Gasteiger partial charge is 0.252 e. The van der Waals surface area contributed by atoms with Crippen molar-refractivity contribution in [3.8, 4) is 0 Å². The largest absolute Gasteiger partial charge is 0.379 e. The number of carbonyl (C=O) groups is 2. The Morgan fingerprint density at radius 1 is 1.03 bits per heavy atom. The van der Waals surface area contributed by atoms with Crippen LogP contribution in [0.25, 0.3) is 0 Å². The van der Waals surface area contributed by atoms with Crippen molar-refractivity contribution in [1.29, 1.82) is 0 Å². The van der Waals surface area contributed by atoms with Gasteiger partial charge in [-0.25, -0.2) is 17.7 Å². The lowest BCUT2D eigenvalue weighted by Crippen LogP contribution is -2.49. The number of amides is 2. The van der Waals surface area contributed by atoms with Crippen LogP contribution in [-0.4, -0.2) is 74.9 Å². The summed E-state index contributed by atoms with van der Waals surface area (Å²) in [4.78, 5) is 29.1. The second-order valence-corrected chi connectivity index (χ2v) is 10.0. The van der Waals surface area contributed by atoms with Crippen LogP contribution in [0.5, 0.6) is 0 Å². The molecule has 0 saturated carbocycles. The van der Waals surface area contributed by atoms with Gasteiger partial charge in [0.2, 0.25) is 15.9 Å². The van der Waals surface area contributed by atoms with E-state index in [1.54, 1.807) is 24.3 Å². The third-order valence-corrected chi connectivity index (χ3v) is 7.85. The Hall–Kier alpha value is -2.66. The molecule has 0 bridgehead atoms. The summed E-state index contributed by atoms with van der Waals surface area (Å²) in [5.41, 5.74) is 1.38. The monoisotopic (exact) mass is 475 g/mol. The fraction of sp³-hybridized carbons (Fsp3) is 0.391. The molecule has 0 radical (unpaired) electrons. The van der Waals surface area contributed by atoms with Gasteiger partial charge in [-0.15, -0.1) is 0 Å². The predicted molar refractivity (Wildman–Crippen MR) is 120 cm³/mol. The van der Waals surface area contributed by atoms with Gasteiger partial charge in [-0.2, -0.15) is 4.31 Å². The number of hydrogen-bond acceptors (Lipinski definition) is 6. The Bertz CT molecular complexity index is 1120. The Labute approximate surface area is 192 Å². The van der Waals surface area contributed by atoms with Gasteiger partial charge in [-0.05, 0) is 43.3 Å². The molecule has 0 spiro atoms. The zero-order valence-electron chi connectivity index (χ0n) is 18.3. The summed E-state index contributed by atoms with van der Waals surface area (Å²) >= 11 is 0. The van der Waals surface area contributed by atoms with Crippen molar-refractivity contribution < 1.29 is 27.1 Å². The lowest BCUT2D eigenvalue weighted by atomic mass is 10.2. The van der Waals surface area contributed by atoms with E-state index in [0.717, 1.165) is 26.9 Å². The fourth-order valence-electron chi connectivity index (χ4n) is 4.06. The summed E-state index contributed by atoms with van der Waals surface area (Å²) < 4.78 is 46.9. The number of benzene rings is 2. The molecule has 2 aromatic carbocycles. The maximum atomic E-state index is 13.5. The number of hydrogen-bond donors (Lipinski definition) is 0. The van der Waals surface area contributed by atoms with Crippen molar-refractivity contribution in [2.45, 2.75) is 24.3 Å². The van der Waals surface area contributed by atoms with Crippen LogP contribution in [0.15, 0.2) is 53.4 Å². The fourth-order valence-corrected chi connectivity index (χ4v) is 5.63. The van der Waals surface area contributed by atoms with Gasteiger partial charge in [0, 0.05) is 26.2 Å². The molecule has 2 amide bonds. The molecule has 2 heterocycles. The maximum absolute atomic E-state index is 13.5. The number of anilines is 1. The van der Waals surface area contributed by atoms with Crippen LogP contribution >= 0.6 is 0 Å². The average Bonchev–Trinajstić information content (AvgIpc) is 3.09. The number of imide groups is 1. The number of halogens is 1. The third-order valence-electron chi connectivity index (χ3n) is 5.92. The van der Waals surface area contributed by atoms with Gasteiger partial charge in [0.15, 0.2) is 0 Å². The van der Waals surface area contributed by atoms with Crippen LogP contribution in [-0.2, 0) is 24.3 Å². The van der Waals surface area contributed by atoms with E-state index in [1.807, 2.05) is 6.92 Å². The summed E-state index contributed by atoms with van der Waals surface area (Å²) in [6, 6.07) is 10.2. The molecular weight excluding hydrogens is 449 g/mol. The molecule has 0 N–H and O–H groups in total. The van der Waals surface area contributed by atoms with Gasteiger partial charge in [0.1, 0.15) is 11.9 Å². The molecule has 1 unspecified atom stereocenters. The molecule has 1 atom stereocenters. The molecule has 0 aliphatic carbocycles. The summed E-state index contributed by atoms with van der Waals surface area (Å²) in [6.07, 6.45) is -0.254. The Balaban J connectivity index is 1.64. The van der Waals surface area contributed by atoms with Crippen LogP contribution in [0.3, 0.4) is 0 Å². The molecule has 4 rings (SSSR count). The minimum absolute atomic E-state index is 0.0190. The highest BCUT2D eigenvalue weighted by atomic mass is 32.2. The first kappa shape index (κ1) is 23.5. The Morgan fingerprint density at radius 3 is 2.30 bits per heavy atom. The summed E-state index contributed by atoms with van der Waals surface area (Å²) in [5, 5.41) is 0. The number of aryl methyl sites for hydroxylation is 1. The molecule has 8 nitrogen and oxygen atoms in total. The molecule has 2 fully saturated rings. The van der Waals surface area contributed by atoms with Crippen molar-refractivity contribution in [3.05, 3.63) is 59.9 Å². The van der Waals surface area contributed by atoms with Crippen LogP contribution in [0.4, 0.5) is 10.1 Å². The lowest BCUT2D eigenvalue weighted by Gasteiger charge is -2.31. The second-order valence-electron chi connectivity index (χ2n) is 8.15. The molecule has 176 valence electrons. The van der Waals surface area contributed by atoms with Crippen molar-refractivity contribution in [2.75, 3.05) is 44.3 Å². The van der Waals surface area contributed by atoms with Crippen molar-refractivity contribution in [2.24, 2.45) is 0 Å². The number of rotatable bonds is 7. The topological polar surface area (TPSA) is 87.2 Å². The zero-order valence-corrected chi connectivity index (χ0v) is 19.1. The van der Waals surface area contributed by atoms with Crippen molar-refractivity contribution in [3.63, 3.8) is 0 Å². The summed E-state index contributed by atoms with van der Waals surface area (Å²) in [5.74, 6) is -1.61. The minimum atomic E-state index is -4.16. The first-order valence-corrected chi connectivity index (χ1v) is 12.2. The number of nitrogens with zero attached hydrogens (tertiary/aromatic N) is 3. The number of ether oxygens (including phenoxy) is 1. The van der Waals surface area contributed by atoms with E-state index in [-0.39, 0.29) is 17.9 Å². The molecule has 0 aromatic heterocycles. The van der Waals surface area contributed by atoms with Gasteiger partial charge in [0.25, 0.3) is 5.91 Å². The molecule has 2 aliphatic rings. The van der Waals surface area contributed by atoms with Crippen LogP contribution in [0.1, 0.15) is 12.0 Å². The first-order valence-electron chi connectivity index (χ1n) is 10.8. The van der Waals surface area contributed by atoms with E-state index in [2.05, 4.69) is 4.90 Å². The molecule has 2 aliphatic heterocycles. The quantitative estimate of drug-likeness (QED) is 0.568. The van der Waals surface area contributed by atoms with E-state index in [0.29, 0.717) is 38.5 Å². The molecule has 10 heteroatoms. The van der Waals surface area contributed by atoms with Crippen LogP contribution in [0.2, 0.25) is 0 Å². The number of morpholine rings is 1. The van der Waals surface area contributed by atoms with E-state index < -0.39 is 33.7 Å². The second kappa shape index (κ2) is 9.68. The Morgan fingerprint density at radius 2 is 1.67 bits per heavy atom. The van der Waals surface area contributed by atoms with Gasteiger partial charge in [-0.3, -0.25) is 14.5 Å². The molecule has 2 saturated heterocycles. The average molecular weight is 476 g/mol. The van der Waals surface area contributed by atoms with E-state index >= 15 is 0 Å². The number of sulfonamides is 1. The van der Waals surface area contributed by atoms with Gasteiger partial charge in [-0.1, -0.05) is 17.7 Å². The summed E-state index contributed by atoms with van der Waals surface area (Å²) in [6.45, 7) is 4.69. The molecular formula is C23H26FN3O5S. The molecule has 2 aromatic rings. The highest BCUT2D eigenvalue weighted by Gasteiger charge is 2.46. The normalized spacial score (nSPS) is 20.1. The highest BCUT2D eigenvalue weighted by molar-refractivity contribution is 7.89. The molecule has 33 heavy (non-hydrogen) atoms. The SMILES string of the molecule is Cc1ccc(N2C(=O)CC(N(CCN3CCOCC3)S(=O)(=O)c3ccc(F)cc3)C2=O)cc1. The van der Waals surface area contributed by atoms with E-state index in [1.165, 1.54) is 12.1 Å². The van der Waals surface area contributed by atoms with E-state index in [9.17, 15) is 22.4 Å². The van der Waals surface area contributed by atoms with Crippen molar-refractivity contribution >= 4 is 27.5 Å². The van der Waals surface area contributed by atoms with Crippen LogP contribution in [0, 0.1) is 12.7 Å². The van der Waals surface area contributed by atoms with Crippen LogP contribution < -0.4 is 4.90 Å². The van der Waals surface area contributed by atoms with Crippen molar-refractivity contribution in [1.82, 2.24) is 9.21 Å². The maximum Gasteiger partial charge on any atom is 0.252 e. The minimum Gasteiger partial charge on any atom is -0.379 e.